The summed E-state index contributed by atoms with van der Waals surface area (Å²) in [6.45, 7) is 1.46. The molecule has 1 heterocycles. The van der Waals surface area contributed by atoms with E-state index in [0.29, 0.717) is 11.5 Å². The molecule has 0 aliphatic rings. The Hall–Kier alpha value is -2.18. The molecule has 0 aliphatic carbocycles. The molecule has 0 fully saturated rings. The van der Waals surface area contributed by atoms with Crippen LogP contribution in [0.25, 0.3) is 0 Å². The minimum Gasteiger partial charge on any atom is -0.480 e. The molecule has 7 heteroatoms. The van der Waals surface area contributed by atoms with Gasteiger partial charge in [-0.05, 0) is 6.92 Å². The third-order valence-electron chi connectivity index (χ3n) is 2.05. The maximum Gasteiger partial charge on any atom is 0.358 e. The quantitative estimate of drug-likeness (QED) is 0.744. The summed E-state index contributed by atoms with van der Waals surface area (Å²) in [5, 5.41) is 8.65. The Bertz CT molecular complexity index is 447. The monoisotopic (exact) mass is 239 g/mol. The van der Waals surface area contributed by atoms with Crippen LogP contribution >= 0.6 is 0 Å². The van der Waals surface area contributed by atoms with E-state index in [4.69, 9.17) is 5.11 Å². The summed E-state index contributed by atoms with van der Waals surface area (Å²) in [5.41, 5.74) is 0.564. The van der Waals surface area contributed by atoms with Crippen LogP contribution in [0.2, 0.25) is 0 Å². The van der Waals surface area contributed by atoms with Crippen LogP contribution in [0.5, 0.6) is 0 Å². The van der Waals surface area contributed by atoms with Gasteiger partial charge in [-0.15, -0.1) is 0 Å². The molecule has 0 aromatic carbocycles. The smallest absolute Gasteiger partial charge is 0.358 e. The van der Waals surface area contributed by atoms with Crippen molar-refractivity contribution in [2.45, 2.75) is 6.92 Å². The van der Waals surface area contributed by atoms with Crippen LogP contribution in [-0.2, 0) is 9.53 Å². The molecule has 0 unspecified atom stereocenters. The Balaban J connectivity index is 2.97. The van der Waals surface area contributed by atoms with E-state index in [1.807, 2.05) is 0 Å². The van der Waals surface area contributed by atoms with E-state index in [2.05, 4.69) is 14.7 Å². The molecule has 7 nitrogen and oxygen atoms in total. The number of hydrogen-bond acceptors (Lipinski definition) is 6. The number of rotatable bonds is 4. The van der Waals surface area contributed by atoms with Crippen LogP contribution < -0.4 is 4.90 Å². The summed E-state index contributed by atoms with van der Waals surface area (Å²) in [6, 6.07) is 0. The highest BCUT2D eigenvalue weighted by molar-refractivity contribution is 5.87. The average molecular weight is 239 g/mol. The zero-order chi connectivity index (χ0) is 13.0. The molecule has 0 bridgehead atoms. The topological polar surface area (TPSA) is 92.6 Å². The van der Waals surface area contributed by atoms with Crippen molar-refractivity contribution in [1.29, 1.82) is 0 Å². The van der Waals surface area contributed by atoms with Gasteiger partial charge in [-0.25, -0.2) is 14.8 Å². The number of nitrogens with zero attached hydrogens (tertiary/aromatic N) is 3. The van der Waals surface area contributed by atoms with Gasteiger partial charge in [-0.1, -0.05) is 0 Å². The maximum absolute atomic E-state index is 11.2. The van der Waals surface area contributed by atoms with Crippen LogP contribution in [0, 0.1) is 6.92 Å². The molecular weight excluding hydrogens is 226 g/mol. The highest BCUT2D eigenvalue weighted by Crippen LogP contribution is 2.13. The van der Waals surface area contributed by atoms with Gasteiger partial charge >= 0.3 is 11.9 Å². The van der Waals surface area contributed by atoms with Crippen molar-refractivity contribution in [3.63, 3.8) is 0 Å². The minimum absolute atomic E-state index is 0.0949. The molecule has 0 amide bonds. The Labute approximate surface area is 98.1 Å². The standard InChI is InChI=1S/C10H13N3O4/c1-6-9(13(2)5-8(14)15)11-4-7(12-6)10(16)17-3/h4H,5H2,1-3H3,(H,14,15). The summed E-state index contributed by atoms with van der Waals surface area (Å²) >= 11 is 0. The first-order chi connectivity index (χ1) is 7.95. The summed E-state index contributed by atoms with van der Waals surface area (Å²) < 4.78 is 4.51. The number of aromatic nitrogens is 2. The molecule has 92 valence electrons. The van der Waals surface area contributed by atoms with E-state index in [9.17, 15) is 9.59 Å². The van der Waals surface area contributed by atoms with Crippen molar-refractivity contribution in [3.8, 4) is 0 Å². The Morgan fingerprint density at radius 3 is 2.65 bits per heavy atom. The highest BCUT2D eigenvalue weighted by atomic mass is 16.5. The first-order valence-electron chi connectivity index (χ1n) is 4.80. The number of anilines is 1. The van der Waals surface area contributed by atoms with Gasteiger partial charge in [0.1, 0.15) is 12.4 Å². The number of methoxy groups -OCH3 is 1. The van der Waals surface area contributed by atoms with E-state index in [-0.39, 0.29) is 12.2 Å². The molecular formula is C10H13N3O4. The van der Waals surface area contributed by atoms with Gasteiger partial charge in [0.05, 0.1) is 19.0 Å². The van der Waals surface area contributed by atoms with Crippen LogP contribution in [0.3, 0.4) is 0 Å². The Kier molecular flexibility index (Phi) is 3.97. The number of hydrogen-bond donors (Lipinski definition) is 1. The first-order valence-corrected chi connectivity index (χ1v) is 4.80. The Morgan fingerprint density at radius 2 is 2.18 bits per heavy atom. The van der Waals surface area contributed by atoms with Gasteiger partial charge in [0.25, 0.3) is 0 Å². The highest BCUT2D eigenvalue weighted by Gasteiger charge is 2.14. The van der Waals surface area contributed by atoms with E-state index in [1.54, 1.807) is 14.0 Å². The first kappa shape index (κ1) is 12.9. The third-order valence-corrected chi connectivity index (χ3v) is 2.05. The van der Waals surface area contributed by atoms with Gasteiger partial charge in [0, 0.05) is 7.05 Å². The fourth-order valence-corrected chi connectivity index (χ4v) is 1.33. The second-order valence-electron chi connectivity index (χ2n) is 3.41. The van der Waals surface area contributed by atoms with Crippen molar-refractivity contribution in [2.24, 2.45) is 0 Å². The van der Waals surface area contributed by atoms with Crippen molar-refractivity contribution >= 4 is 17.8 Å². The maximum atomic E-state index is 11.2. The Morgan fingerprint density at radius 1 is 1.53 bits per heavy atom. The molecule has 17 heavy (non-hydrogen) atoms. The number of carboxylic acid groups (broad SMARTS) is 1. The molecule has 1 rings (SSSR count). The predicted octanol–water partition coefficient (Wildman–Crippen LogP) is 0.0924. The number of ether oxygens (including phenoxy) is 1. The van der Waals surface area contributed by atoms with E-state index in [1.165, 1.54) is 18.2 Å². The molecule has 0 atom stereocenters. The lowest BCUT2D eigenvalue weighted by Gasteiger charge is -2.17. The van der Waals surface area contributed by atoms with E-state index >= 15 is 0 Å². The molecule has 0 radical (unpaired) electrons. The van der Waals surface area contributed by atoms with E-state index in [0.717, 1.165) is 0 Å². The van der Waals surface area contributed by atoms with Gasteiger partial charge in [-0.3, -0.25) is 4.79 Å². The summed E-state index contributed by atoms with van der Waals surface area (Å²) in [6.07, 6.45) is 1.26. The van der Waals surface area contributed by atoms with Crippen LogP contribution in [-0.4, -0.2) is 47.7 Å². The number of carbonyl (C=O) groups is 2. The molecule has 1 aromatic heterocycles. The summed E-state index contributed by atoms with van der Waals surface area (Å²) in [5.74, 6) is -1.13. The molecule has 0 spiro atoms. The second-order valence-corrected chi connectivity index (χ2v) is 3.41. The molecule has 0 aliphatic heterocycles. The van der Waals surface area contributed by atoms with Crippen molar-refractivity contribution in [3.05, 3.63) is 17.6 Å². The number of aliphatic carboxylic acids is 1. The van der Waals surface area contributed by atoms with Crippen molar-refractivity contribution in [1.82, 2.24) is 9.97 Å². The average Bonchev–Trinajstić information content (AvgIpc) is 2.26. The zero-order valence-corrected chi connectivity index (χ0v) is 9.80. The fourth-order valence-electron chi connectivity index (χ4n) is 1.33. The molecule has 0 saturated heterocycles. The SMILES string of the molecule is COC(=O)c1cnc(N(C)CC(=O)O)c(C)n1. The lowest BCUT2D eigenvalue weighted by molar-refractivity contribution is -0.135. The normalized spacial score (nSPS) is 9.82. The van der Waals surface area contributed by atoms with Crippen molar-refractivity contribution < 1.29 is 19.4 Å². The lowest BCUT2D eigenvalue weighted by Crippen LogP contribution is -2.27. The lowest BCUT2D eigenvalue weighted by atomic mass is 10.3. The van der Waals surface area contributed by atoms with Crippen LogP contribution in [0.15, 0.2) is 6.20 Å². The van der Waals surface area contributed by atoms with Gasteiger partial charge in [0.15, 0.2) is 5.69 Å². The number of aryl methyl sites for hydroxylation is 1. The fraction of sp³-hybridized carbons (Fsp3) is 0.400. The molecule has 1 aromatic rings. The van der Waals surface area contributed by atoms with Gasteiger partial charge in [0.2, 0.25) is 0 Å². The van der Waals surface area contributed by atoms with Gasteiger partial charge in [-0.2, -0.15) is 0 Å². The zero-order valence-electron chi connectivity index (χ0n) is 9.80. The minimum atomic E-state index is -0.967. The largest absolute Gasteiger partial charge is 0.480 e. The van der Waals surface area contributed by atoms with Gasteiger partial charge < -0.3 is 14.7 Å². The number of carbonyl (C=O) groups excluding carboxylic acids is 1. The molecule has 0 saturated carbocycles. The second kappa shape index (κ2) is 5.24. The van der Waals surface area contributed by atoms with Crippen LogP contribution in [0.4, 0.5) is 5.82 Å². The number of likely N-dealkylation sites (N-methyl/N-ethyl adjacent to an activating group) is 1. The summed E-state index contributed by atoms with van der Waals surface area (Å²) in [4.78, 5) is 31.2. The van der Waals surface area contributed by atoms with Crippen LogP contribution in [0.1, 0.15) is 16.2 Å². The molecule has 1 N–H and O–H groups in total. The number of carboxylic acids is 1. The van der Waals surface area contributed by atoms with E-state index < -0.39 is 11.9 Å². The predicted molar refractivity (Wildman–Crippen MR) is 59.0 cm³/mol. The number of esters is 1. The van der Waals surface area contributed by atoms with Crippen molar-refractivity contribution in [2.75, 3.05) is 25.6 Å². The third kappa shape index (κ3) is 3.13. The summed E-state index contributed by atoms with van der Waals surface area (Å²) in [7, 11) is 2.84.